The minimum absolute atomic E-state index is 0.00953. The zero-order chi connectivity index (χ0) is 105. The van der Waals surface area contributed by atoms with Gasteiger partial charge in [-0.1, -0.05) is 514 Å². The van der Waals surface area contributed by atoms with Crippen LogP contribution < -0.4 is 10.6 Å². The van der Waals surface area contributed by atoms with Crippen molar-refractivity contribution in [2.75, 3.05) is 13.2 Å². The van der Waals surface area contributed by atoms with Gasteiger partial charge in [0.2, 0.25) is 11.8 Å². The lowest BCUT2D eigenvalue weighted by molar-refractivity contribution is -0.352. The van der Waals surface area contributed by atoms with Gasteiger partial charge in [0.15, 0.2) is 31.1 Å². The van der Waals surface area contributed by atoms with Crippen LogP contribution in [0, 0.1) is 0 Å². The van der Waals surface area contributed by atoms with E-state index in [1.807, 2.05) is 152 Å². The summed E-state index contributed by atoms with van der Waals surface area (Å²) >= 11 is 0. The van der Waals surface area contributed by atoms with E-state index in [0.29, 0.717) is 44.1 Å². The standard InChI is InChI=1S/C127H200N2O19/c1-7-13-19-25-31-37-43-49-70-86-107(136-96-102-76-60-55-61-77-102)92-113(130)128-119-123(146-117(134)94-108(137-97-103-78-62-56-63-79-103)87-71-50-44-38-32-26-20-14-8-2)121(138-98-104-80-64-57-65-81-104)111(144-126(119)139-99-105-82-66-58-67-83-105)100-141-127-120(129-114(131)93-109(88-72-51-45-39-33-27-21-15-9-3)142-115(132)90-74-53-47-41-35-29-23-17-11-5)124(122-112(145-127)101-140-125(148-122)106-84-68-59-69-85-106)147-118(135)95-110(89-73-52-46-40-34-28-22-16-10-4)143-116(133)91-75-54-48-42-36-30-24-18-12-6/h55-69,76-85,107-112,119-127H,7-54,70-75,86-101H2,1-6H3,(H,128,130)(H,129,131)/t107-,108-,109-,110-,111?,112?,119?,120?,121-,122-,123?,124?,125?,126+,127-/m1/s1. The number of hydrogen-bond acceptors (Lipinski definition) is 19. The summed E-state index contributed by atoms with van der Waals surface area (Å²) in [5, 5.41) is 6.73. The van der Waals surface area contributed by atoms with Gasteiger partial charge in [-0.05, 0) is 73.6 Å². The van der Waals surface area contributed by atoms with E-state index in [-0.39, 0.29) is 89.4 Å². The van der Waals surface area contributed by atoms with Crippen LogP contribution in [0.4, 0.5) is 0 Å². The van der Waals surface area contributed by atoms with Crippen LogP contribution in [0.25, 0.3) is 0 Å². The first-order valence-corrected chi connectivity index (χ1v) is 60.0. The molecule has 0 aromatic heterocycles. The van der Waals surface area contributed by atoms with Gasteiger partial charge < -0.3 is 72.2 Å². The number of nitrogens with one attached hydrogen (secondary N) is 2. The summed E-state index contributed by atoms with van der Waals surface area (Å²) in [4.78, 5) is 92.3. The molecule has 2 N–H and O–H groups in total. The van der Waals surface area contributed by atoms with Crippen LogP contribution >= 0.6 is 0 Å². The third-order valence-electron chi connectivity index (χ3n) is 29.6. The van der Waals surface area contributed by atoms with Crippen molar-refractivity contribution in [3.05, 3.63) is 179 Å². The Balaban J connectivity index is 1.23. The van der Waals surface area contributed by atoms with Crippen LogP contribution in [0.1, 0.15) is 487 Å². The monoisotopic (exact) mass is 2060 g/mol. The molecule has 7 unspecified atom stereocenters. The Morgan fingerprint density at radius 3 is 0.973 bits per heavy atom. The van der Waals surface area contributed by atoms with E-state index in [2.05, 4.69) is 52.2 Å². The number of amides is 2. The number of rotatable bonds is 90. The lowest BCUT2D eigenvalue weighted by atomic mass is 9.94. The van der Waals surface area contributed by atoms with Crippen LogP contribution in [0.3, 0.4) is 0 Å². The number of fused-ring (bicyclic) bond motifs is 1. The molecular weight excluding hydrogens is 1860 g/mol. The molecule has 0 saturated carbocycles. The van der Waals surface area contributed by atoms with Gasteiger partial charge >= 0.3 is 23.9 Å². The van der Waals surface area contributed by atoms with Gasteiger partial charge in [-0.25, -0.2) is 0 Å². The summed E-state index contributed by atoms with van der Waals surface area (Å²) in [5.74, 6) is -2.93. The maximum absolute atomic E-state index is 16.0. The summed E-state index contributed by atoms with van der Waals surface area (Å²) in [7, 11) is 0. The highest BCUT2D eigenvalue weighted by Crippen LogP contribution is 2.39. The first-order chi connectivity index (χ1) is 72.8. The van der Waals surface area contributed by atoms with Crippen molar-refractivity contribution in [3.63, 3.8) is 0 Å². The Labute approximate surface area is 895 Å². The fraction of sp³-hybridized carbons (Fsp3) is 0.717. The molecule has 0 aliphatic carbocycles. The zero-order valence-electron chi connectivity index (χ0n) is 92.8. The lowest BCUT2D eigenvalue weighted by Gasteiger charge is -2.50. The molecule has 832 valence electrons. The third-order valence-corrected chi connectivity index (χ3v) is 29.6. The van der Waals surface area contributed by atoms with Gasteiger partial charge in [-0.3, -0.25) is 28.8 Å². The van der Waals surface area contributed by atoms with Crippen LogP contribution in [0.2, 0.25) is 0 Å². The highest BCUT2D eigenvalue weighted by atomic mass is 16.8. The molecule has 3 fully saturated rings. The van der Waals surface area contributed by atoms with E-state index in [1.165, 1.54) is 180 Å². The highest BCUT2D eigenvalue weighted by Gasteiger charge is 2.56. The Morgan fingerprint density at radius 1 is 0.291 bits per heavy atom. The second-order valence-corrected chi connectivity index (χ2v) is 42.8. The predicted octanol–water partition coefficient (Wildman–Crippen LogP) is 31.2. The van der Waals surface area contributed by atoms with Crippen molar-refractivity contribution in [2.24, 2.45) is 0 Å². The summed E-state index contributed by atoms with van der Waals surface area (Å²) in [6.45, 7) is 13.4. The van der Waals surface area contributed by atoms with E-state index in [1.54, 1.807) is 0 Å². The number of ether oxygens (including phenoxy) is 13. The van der Waals surface area contributed by atoms with Crippen LogP contribution in [-0.2, 0) is 117 Å². The Hall–Kier alpha value is -7.44. The number of carbonyl (C=O) groups is 6. The molecule has 3 saturated heterocycles. The van der Waals surface area contributed by atoms with Gasteiger partial charge in [-0.15, -0.1) is 0 Å². The molecule has 148 heavy (non-hydrogen) atoms. The first-order valence-electron chi connectivity index (χ1n) is 60.0. The lowest BCUT2D eigenvalue weighted by Crippen LogP contribution is -2.69. The normalized spacial score (nSPS) is 19.5. The minimum atomic E-state index is -1.52. The van der Waals surface area contributed by atoms with Gasteiger partial charge in [0.1, 0.15) is 48.7 Å². The molecule has 0 radical (unpaired) electrons. The average molecular weight is 2060 g/mol. The van der Waals surface area contributed by atoms with E-state index >= 15 is 19.2 Å². The zero-order valence-corrected chi connectivity index (χ0v) is 92.8. The van der Waals surface area contributed by atoms with Gasteiger partial charge in [0.25, 0.3) is 0 Å². The fourth-order valence-electron chi connectivity index (χ4n) is 20.7. The Kier molecular flexibility index (Phi) is 69.8. The summed E-state index contributed by atoms with van der Waals surface area (Å²) in [6.07, 6.45) is 46.7. The molecule has 2 amide bonds. The maximum Gasteiger partial charge on any atom is 0.310 e. The number of benzene rings is 5. The van der Waals surface area contributed by atoms with Crippen molar-refractivity contribution in [3.8, 4) is 0 Å². The quantitative estimate of drug-likeness (QED) is 0.0209. The van der Waals surface area contributed by atoms with Crippen molar-refractivity contribution in [1.82, 2.24) is 10.6 Å². The second-order valence-electron chi connectivity index (χ2n) is 42.8. The van der Waals surface area contributed by atoms with E-state index in [4.69, 9.17) is 61.6 Å². The summed E-state index contributed by atoms with van der Waals surface area (Å²) in [5.41, 5.74) is 4.22. The Bertz CT molecular complexity index is 4100. The molecule has 0 bridgehead atoms. The molecule has 8 rings (SSSR count). The van der Waals surface area contributed by atoms with Crippen LogP contribution in [-0.4, -0.2) is 135 Å². The number of esters is 4. The number of unbranched alkanes of at least 4 members (excludes halogenated alkanes) is 48. The van der Waals surface area contributed by atoms with Crippen molar-refractivity contribution in [1.29, 1.82) is 0 Å². The summed E-state index contributed by atoms with van der Waals surface area (Å²) < 4.78 is 91.1. The fourth-order valence-corrected chi connectivity index (χ4v) is 20.7. The van der Waals surface area contributed by atoms with Gasteiger partial charge in [-0.2, -0.15) is 0 Å². The molecular formula is C127H200N2O19. The van der Waals surface area contributed by atoms with Crippen LogP contribution in [0.5, 0.6) is 0 Å². The third kappa shape index (κ3) is 55.9. The molecule has 3 aliphatic rings. The smallest absolute Gasteiger partial charge is 0.310 e. The molecule has 15 atom stereocenters. The average Bonchev–Trinajstić information content (AvgIpc) is 0.763. The van der Waals surface area contributed by atoms with E-state index in [0.717, 1.165) is 176 Å². The molecule has 5 aromatic carbocycles. The van der Waals surface area contributed by atoms with E-state index in [9.17, 15) is 9.59 Å². The molecule has 3 aliphatic heterocycles. The number of hydrogen-bond donors (Lipinski definition) is 2. The molecule has 3 heterocycles. The first kappa shape index (κ1) is 126. The molecule has 5 aromatic rings. The topological polar surface area (TPSA) is 246 Å². The maximum atomic E-state index is 16.0. The molecule has 21 heteroatoms. The number of carbonyl (C=O) groups excluding carboxylic acids is 6. The molecule has 21 nitrogen and oxygen atoms in total. The predicted molar refractivity (Wildman–Crippen MR) is 592 cm³/mol. The van der Waals surface area contributed by atoms with Crippen molar-refractivity contribution in [2.45, 2.75) is 571 Å². The van der Waals surface area contributed by atoms with E-state index < -0.39 is 116 Å². The van der Waals surface area contributed by atoms with Crippen LogP contribution in [0.15, 0.2) is 152 Å². The second kappa shape index (κ2) is 82.2. The SMILES string of the molecule is CCCCCCCCCCCC(=O)O[C@H](CCCCCCCCCCC)CC(=O)NC1C(OC(=O)C[C@@H](CCCCCCCCCCC)OC(=O)CCCCCCCCCCC)[C@@H]2OC(c3ccccc3)OCC2O[C@H]1OCC1O[C@H](OCc2ccccc2)C(NC(=O)C[C@@H](CCCCCCCCCCC)OCc2ccccc2)C(OC(=O)C[C@@H](CCCCCCCCCCC)OCc2ccccc2)[C@@H]1OCc1ccccc1. The van der Waals surface area contributed by atoms with Crippen molar-refractivity contribution < 1.29 is 90.3 Å². The Morgan fingerprint density at radius 2 is 0.588 bits per heavy atom. The minimum Gasteiger partial charge on any atom is -0.462 e. The highest BCUT2D eigenvalue weighted by molar-refractivity contribution is 5.79. The van der Waals surface area contributed by atoms with Gasteiger partial charge in [0.05, 0.1) is 77.5 Å². The largest absolute Gasteiger partial charge is 0.462 e. The summed E-state index contributed by atoms with van der Waals surface area (Å²) in [6, 6.07) is 46.2. The van der Waals surface area contributed by atoms with Crippen molar-refractivity contribution >= 4 is 35.7 Å². The molecule has 0 spiro atoms. The van der Waals surface area contributed by atoms with Gasteiger partial charge in [0, 0.05) is 18.4 Å².